The lowest BCUT2D eigenvalue weighted by molar-refractivity contribution is -0.117. The van der Waals surface area contributed by atoms with Crippen LogP contribution in [0, 0.1) is 13.8 Å². The number of benzene rings is 1. The van der Waals surface area contributed by atoms with E-state index in [2.05, 4.69) is 36.2 Å². The third kappa shape index (κ3) is 4.21. The van der Waals surface area contributed by atoms with E-state index in [9.17, 15) is 4.79 Å². The number of hydrogen-bond acceptors (Lipinski definition) is 7. The summed E-state index contributed by atoms with van der Waals surface area (Å²) in [5.74, 6) is 1.64. The second-order valence-corrected chi connectivity index (χ2v) is 8.96. The summed E-state index contributed by atoms with van der Waals surface area (Å²) in [6.45, 7) is 7.60. The minimum Gasteiger partial charge on any atom is -0.353 e. The topological polar surface area (TPSA) is 79.2 Å². The number of fused-ring (bicyclic) bond motifs is 1. The molecule has 32 heavy (non-hydrogen) atoms. The van der Waals surface area contributed by atoms with Gasteiger partial charge in [-0.05, 0) is 37.4 Å². The van der Waals surface area contributed by atoms with E-state index in [1.165, 1.54) is 5.56 Å². The van der Waals surface area contributed by atoms with Crippen molar-refractivity contribution >= 4 is 39.1 Å². The van der Waals surface area contributed by atoms with E-state index < -0.39 is 0 Å². The minimum atomic E-state index is -0.0334. The number of rotatable bonds is 5. The molecule has 1 fully saturated rings. The van der Waals surface area contributed by atoms with Crippen molar-refractivity contribution < 1.29 is 4.79 Å². The molecule has 0 saturated carbocycles. The Morgan fingerprint density at radius 2 is 1.84 bits per heavy atom. The third-order valence-electron chi connectivity index (χ3n) is 5.66. The number of amides is 1. The number of thiophene rings is 1. The van der Waals surface area contributed by atoms with Gasteiger partial charge < -0.3 is 10.2 Å². The molecular formula is C23H25N7OS. The monoisotopic (exact) mass is 447 g/mol. The maximum Gasteiger partial charge on any atom is 0.239 e. The van der Waals surface area contributed by atoms with Gasteiger partial charge in [-0.15, -0.1) is 11.3 Å². The van der Waals surface area contributed by atoms with Crippen molar-refractivity contribution in [2.24, 2.45) is 0 Å². The first-order valence-corrected chi connectivity index (χ1v) is 11.5. The van der Waals surface area contributed by atoms with Crippen LogP contribution in [0.2, 0.25) is 0 Å². The fourth-order valence-corrected chi connectivity index (χ4v) is 4.73. The molecule has 4 aromatic rings. The Labute approximate surface area is 190 Å². The molecule has 4 heterocycles. The first kappa shape index (κ1) is 20.6. The zero-order chi connectivity index (χ0) is 22.1. The molecule has 9 heteroatoms. The van der Waals surface area contributed by atoms with E-state index in [-0.39, 0.29) is 5.91 Å². The zero-order valence-electron chi connectivity index (χ0n) is 18.2. The summed E-state index contributed by atoms with van der Waals surface area (Å²) in [5, 5.41) is 10.7. The molecule has 0 radical (unpaired) electrons. The van der Waals surface area contributed by atoms with Crippen molar-refractivity contribution in [3.05, 3.63) is 59.4 Å². The van der Waals surface area contributed by atoms with Gasteiger partial charge in [-0.1, -0.05) is 17.7 Å². The van der Waals surface area contributed by atoms with Crippen molar-refractivity contribution in [1.82, 2.24) is 24.6 Å². The number of nitrogens with one attached hydrogen (secondary N) is 1. The lowest BCUT2D eigenvalue weighted by Gasteiger charge is -2.35. The van der Waals surface area contributed by atoms with Gasteiger partial charge in [-0.25, -0.2) is 14.6 Å². The number of carbonyl (C=O) groups is 1. The summed E-state index contributed by atoms with van der Waals surface area (Å²) < 4.78 is 1.78. The maximum atomic E-state index is 12.8. The third-order valence-corrected chi connectivity index (χ3v) is 6.48. The van der Waals surface area contributed by atoms with Crippen LogP contribution in [0.4, 0.5) is 11.6 Å². The lowest BCUT2D eigenvalue weighted by atomic mass is 10.2. The summed E-state index contributed by atoms with van der Waals surface area (Å²) in [6.07, 6.45) is 1.63. The number of aryl methyl sites for hydroxylation is 2. The summed E-state index contributed by atoms with van der Waals surface area (Å²) in [4.78, 5) is 27.1. The molecule has 1 N–H and O–H groups in total. The number of hydrogen-bond donors (Lipinski definition) is 1. The van der Waals surface area contributed by atoms with E-state index in [1.54, 1.807) is 22.3 Å². The number of nitrogens with zero attached hydrogens (tertiary/aromatic N) is 6. The Hall–Kier alpha value is -3.30. The van der Waals surface area contributed by atoms with E-state index >= 15 is 0 Å². The Morgan fingerprint density at radius 3 is 2.62 bits per heavy atom. The van der Waals surface area contributed by atoms with Crippen LogP contribution < -0.4 is 10.2 Å². The Bertz CT molecular complexity index is 1240. The molecule has 3 aromatic heterocycles. The van der Waals surface area contributed by atoms with E-state index in [1.807, 2.05) is 49.6 Å². The number of piperazine rings is 1. The highest BCUT2D eigenvalue weighted by Gasteiger charge is 2.22. The van der Waals surface area contributed by atoms with Gasteiger partial charge in [0.1, 0.15) is 22.8 Å². The van der Waals surface area contributed by atoms with Crippen LogP contribution >= 0.6 is 11.3 Å². The highest BCUT2D eigenvalue weighted by Crippen LogP contribution is 2.27. The van der Waals surface area contributed by atoms with Gasteiger partial charge in [0, 0.05) is 32.2 Å². The number of carbonyl (C=O) groups excluding carboxylic acids is 1. The van der Waals surface area contributed by atoms with Crippen LogP contribution in [-0.4, -0.2) is 63.3 Å². The fraction of sp³-hybridized carbons (Fsp3) is 0.304. The molecule has 1 aliphatic rings. The Balaban J connectivity index is 1.21. The molecule has 0 atom stereocenters. The van der Waals surface area contributed by atoms with Gasteiger partial charge in [-0.2, -0.15) is 5.10 Å². The molecule has 1 saturated heterocycles. The standard InChI is InChI=1S/C23H25N7OS/c1-16-3-5-18(6-4-16)30-20(13-17(2)27-30)26-21(31)14-28-8-10-29(11-9-28)22-19-7-12-32-23(19)25-15-24-22/h3-7,12-13,15H,8-11,14H2,1-2H3,(H,26,31). The van der Waals surface area contributed by atoms with Gasteiger partial charge >= 0.3 is 0 Å². The van der Waals surface area contributed by atoms with E-state index in [0.717, 1.165) is 53.6 Å². The fourth-order valence-electron chi connectivity index (χ4n) is 4.00. The van der Waals surface area contributed by atoms with Crippen molar-refractivity contribution in [2.45, 2.75) is 13.8 Å². The molecule has 8 nitrogen and oxygen atoms in total. The minimum absolute atomic E-state index is 0.0334. The van der Waals surface area contributed by atoms with Crippen LogP contribution in [0.15, 0.2) is 48.1 Å². The maximum absolute atomic E-state index is 12.8. The smallest absolute Gasteiger partial charge is 0.239 e. The van der Waals surface area contributed by atoms with Gasteiger partial charge in [0.05, 0.1) is 23.3 Å². The van der Waals surface area contributed by atoms with Crippen LogP contribution in [-0.2, 0) is 4.79 Å². The molecule has 0 bridgehead atoms. The van der Waals surface area contributed by atoms with Crippen molar-refractivity contribution in [3.8, 4) is 5.69 Å². The summed E-state index contributed by atoms with van der Waals surface area (Å²) >= 11 is 1.63. The quantitative estimate of drug-likeness (QED) is 0.506. The van der Waals surface area contributed by atoms with Gasteiger partial charge in [0.2, 0.25) is 5.91 Å². The zero-order valence-corrected chi connectivity index (χ0v) is 19.0. The molecule has 1 amide bonds. The molecule has 1 aromatic carbocycles. The summed E-state index contributed by atoms with van der Waals surface area (Å²) in [6, 6.07) is 12.1. The number of anilines is 2. The first-order valence-electron chi connectivity index (χ1n) is 10.7. The summed E-state index contributed by atoms with van der Waals surface area (Å²) in [7, 11) is 0. The van der Waals surface area contributed by atoms with Crippen LogP contribution in [0.3, 0.4) is 0 Å². The first-order chi connectivity index (χ1) is 15.6. The molecule has 0 spiro atoms. The average molecular weight is 448 g/mol. The van der Waals surface area contributed by atoms with Crippen molar-refractivity contribution in [3.63, 3.8) is 0 Å². The van der Waals surface area contributed by atoms with Gasteiger partial charge in [0.25, 0.3) is 0 Å². The Kier molecular flexibility index (Phi) is 5.59. The van der Waals surface area contributed by atoms with Crippen LogP contribution in [0.25, 0.3) is 15.9 Å². The van der Waals surface area contributed by atoms with E-state index in [0.29, 0.717) is 12.4 Å². The van der Waals surface area contributed by atoms with Gasteiger partial charge in [-0.3, -0.25) is 9.69 Å². The molecule has 0 aliphatic carbocycles. The van der Waals surface area contributed by atoms with E-state index in [4.69, 9.17) is 0 Å². The van der Waals surface area contributed by atoms with Crippen molar-refractivity contribution in [2.75, 3.05) is 42.9 Å². The predicted molar refractivity (Wildman–Crippen MR) is 128 cm³/mol. The summed E-state index contributed by atoms with van der Waals surface area (Å²) in [5.41, 5.74) is 2.97. The molecule has 5 rings (SSSR count). The van der Waals surface area contributed by atoms with Crippen LogP contribution in [0.1, 0.15) is 11.3 Å². The van der Waals surface area contributed by atoms with Crippen molar-refractivity contribution in [1.29, 1.82) is 0 Å². The molecular weight excluding hydrogens is 422 g/mol. The second kappa shape index (κ2) is 8.68. The lowest BCUT2D eigenvalue weighted by Crippen LogP contribution is -2.49. The normalized spacial score (nSPS) is 14.8. The molecule has 164 valence electrons. The van der Waals surface area contributed by atoms with Gasteiger partial charge in [0.15, 0.2) is 0 Å². The average Bonchev–Trinajstić information content (AvgIpc) is 3.41. The Morgan fingerprint density at radius 1 is 1.06 bits per heavy atom. The molecule has 1 aliphatic heterocycles. The molecule has 0 unspecified atom stereocenters. The SMILES string of the molecule is Cc1ccc(-n2nc(C)cc2NC(=O)CN2CCN(c3ncnc4sccc34)CC2)cc1. The number of aromatic nitrogens is 4. The largest absolute Gasteiger partial charge is 0.353 e. The predicted octanol–water partition coefficient (Wildman–Crippen LogP) is 3.25. The second-order valence-electron chi connectivity index (χ2n) is 8.07. The van der Waals surface area contributed by atoms with Crippen LogP contribution in [0.5, 0.6) is 0 Å². The highest BCUT2D eigenvalue weighted by atomic mass is 32.1. The highest BCUT2D eigenvalue weighted by molar-refractivity contribution is 7.16.